The van der Waals surface area contributed by atoms with Crippen molar-refractivity contribution in [2.45, 2.75) is 57.8 Å². The Balaban J connectivity index is 1.84. The molecule has 3 N–H and O–H groups in total. The molecule has 1 saturated carbocycles. The van der Waals surface area contributed by atoms with Crippen molar-refractivity contribution in [3.8, 4) is 0 Å². The Morgan fingerprint density at radius 2 is 1.86 bits per heavy atom. The van der Waals surface area contributed by atoms with Crippen molar-refractivity contribution >= 4 is 0 Å². The lowest BCUT2D eigenvalue weighted by atomic mass is 9.50. The van der Waals surface area contributed by atoms with E-state index in [1.807, 2.05) is 18.2 Å². The van der Waals surface area contributed by atoms with Gasteiger partial charge in [-0.1, -0.05) is 38.2 Å². The van der Waals surface area contributed by atoms with Gasteiger partial charge in [0.2, 0.25) is 0 Å². The number of allylic oxidation sites excluding steroid dienone is 2. The molecule has 0 heterocycles. The molecular formula is C19H26O3. The van der Waals surface area contributed by atoms with Crippen molar-refractivity contribution in [3.63, 3.8) is 0 Å². The molecule has 3 heteroatoms. The molecule has 0 aliphatic heterocycles. The van der Waals surface area contributed by atoms with E-state index in [4.69, 9.17) is 0 Å². The van der Waals surface area contributed by atoms with E-state index in [9.17, 15) is 15.3 Å². The molecule has 4 aliphatic rings. The second kappa shape index (κ2) is 4.56. The minimum absolute atomic E-state index is 0.0174. The SMILES string of the molecule is C[C@]12C=C[C@H](O)C[C@H]1C[C@H](O)C1=C3C=C[C@H](O)[C@@]3(C)CC[C@@H]12. The average molecular weight is 302 g/mol. The monoisotopic (exact) mass is 302 g/mol. The van der Waals surface area contributed by atoms with E-state index in [1.54, 1.807) is 0 Å². The first-order valence-corrected chi connectivity index (χ1v) is 8.52. The second-order valence-electron chi connectivity index (χ2n) is 8.16. The molecule has 0 bridgehead atoms. The van der Waals surface area contributed by atoms with E-state index in [-0.39, 0.29) is 16.9 Å². The van der Waals surface area contributed by atoms with Gasteiger partial charge in [-0.2, -0.15) is 0 Å². The maximum absolute atomic E-state index is 10.8. The van der Waals surface area contributed by atoms with Crippen molar-refractivity contribution in [1.82, 2.24) is 0 Å². The highest BCUT2D eigenvalue weighted by Crippen LogP contribution is 2.61. The number of fused-ring (bicyclic) bond motifs is 4. The van der Waals surface area contributed by atoms with Crippen LogP contribution in [0.3, 0.4) is 0 Å². The van der Waals surface area contributed by atoms with Gasteiger partial charge in [0.05, 0.1) is 18.3 Å². The van der Waals surface area contributed by atoms with Gasteiger partial charge in [0.1, 0.15) is 0 Å². The second-order valence-corrected chi connectivity index (χ2v) is 8.16. The van der Waals surface area contributed by atoms with Crippen molar-refractivity contribution in [2.75, 3.05) is 0 Å². The fraction of sp³-hybridized carbons (Fsp3) is 0.684. The van der Waals surface area contributed by atoms with Crippen LogP contribution in [0, 0.1) is 22.7 Å². The Kier molecular flexibility index (Phi) is 3.04. The highest BCUT2D eigenvalue weighted by atomic mass is 16.3. The van der Waals surface area contributed by atoms with E-state index < -0.39 is 12.2 Å². The van der Waals surface area contributed by atoms with Gasteiger partial charge < -0.3 is 15.3 Å². The summed E-state index contributed by atoms with van der Waals surface area (Å²) in [4.78, 5) is 0. The van der Waals surface area contributed by atoms with Gasteiger partial charge in [-0.05, 0) is 54.1 Å². The molecule has 4 aliphatic carbocycles. The predicted molar refractivity (Wildman–Crippen MR) is 85.0 cm³/mol. The molecule has 7 atom stereocenters. The smallest absolute Gasteiger partial charge is 0.0817 e. The van der Waals surface area contributed by atoms with Crippen LogP contribution < -0.4 is 0 Å². The summed E-state index contributed by atoms with van der Waals surface area (Å²) in [5.41, 5.74) is 2.11. The number of hydrogen-bond donors (Lipinski definition) is 3. The zero-order valence-corrected chi connectivity index (χ0v) is 13.4. The van der Waals surface area contributed by atoms with Gasteiger partial charge >= 0.3 is 0 Å². The predicted octanol–water partition coefficient (Wildman–Crippen LogP) is 2.34. The maximum Gasteiger partial charge on any atom is 0.0817 e. The third kappa shape index (κ3) is 1.73. The molecule has 0 aromatic rings. The highest BCUT2D eigenvalue weighted by Gasteiger charge is 2.55. The zero-order chi connectivity index (χ0) is 15.7. The van der Waals surface area contributed by atoms with Crippen LogP contribution in [0.4, 0.5) is 0 Å². The summed E-state index contributed by atoms with van der Waals surface area (Å²) in [6.45, 7) is 4.41. The summed E-state index contributed by atoms with van der Waals surface area (Å²) in [6.07, 6.45) is 10.2. The van der Waals surface area contributed by atoms with Crippen molar-refractivity contribution < 1.29 is 15.3 Å². The van der Waals surface area contributed by atoms with Gasteiger partial charge in [0.15, 0.2) is 0 Å². The molecule has 3 nitrogen and oxygen atoms in total. The molecule has 0 amide bonds. The molecule has 0 aromatic carbocycles. The summed E-state index contributed by atoms with van der Waals surface area (Å²) in [5, 5.41) is 31.1. The van der Waals surface area contributed by atoms with E-state index in [1.165, 1.54) is 5.57 Å². The maximum atomic E-state index is 10.8. The Labute approximate surface area is 132 Å². The minimum Gasteiger partial charge on any atom is -0.389 e. The molecule has 0 aromatic heterocycles. The van der Waals surface area contributed by atoms with E-state index in [2.05, 4.69) is 19.9 Å². The Morgan fingerprint density at radius 3 is 2.64 bits per heavy atom. The normalized spacial score (nSPS) is 53.2. The third-order valence-electron chi connectivity index (χ3n) is 7.05. The van der Waals surface area contributed by atoms with Crippen molar-refractivity contribution in [2.24, 2.45) is 22.7 Å². The molecule has 0 saturated heterocycles. The van der Waals surface area contributed by atoms with Crippen LogP contribution >= 0.6 is 0 Å². The highest BCUT2D eigenvalue weighted by molar-refractivity contribution is 5.46. The molecule has 0 unspecified atom stereocenters. The average Bonchev–Trinajstić information content (AvgIpc) is 2.77. The summed E-state index contributed by atoms with van der Waals surface area (Å²) in [6, 6.07) is 0. The number of aliphatic hydroxyl groups is 3. The lowest BCUT2D eigenvalue weighted by molar-refractivity contribution is -0.00806. The molecule has 1 fully saturated rings. The standard InChI is InChI=1S/C19H26O3/c1-18-7-5-12(20)9-11(18)10-15(21)17-13-3-4-16(22)19(13,2)8-6-14(17)18/h3-5,7,11-12,14-16,20-22H,6,8-10H2,1-2H3/t11-,12-,14-,15-,16-,18-,19-/m0/s1. The minimum atomic E-state index is -0.439. The van der Waals surface area contributed by atoms with Crippen molar-refractivity contribution in [1.29, 1.82) is 0 Å². The number of aliphatic hydroxyl groups excluding tert-OH is 3. The molecule has 120 valence electrons. The van der Waals surface area contributed by atoms with Gasteiger partial charge in [-0.3, -0.25) is 0 Å². The first-order valence-electron chi connectivity index (χ1n) is 8.52. The third-order valence-corrected chi connectivity index (χ3v) is 7.05. The van der Waals surface area contributed by atoms with Crippen LogP contribution in [-0.4, -0.2) is 33.6 Å². The summed E-state index contributed by atoms with van der Waals surface area (Å²) >= 11 is 0. The number of hydrogen-bond acceptors (Lipinski definition) is 3. The lowest BCUT2D eigenvalue weighted by Crippen LogP contribution is -2.50. The van der Waals surface area contributed by atoms with Crippen LogP contribution in [0.15, 0.2) is 35.5 Å². The molecular weight excluding hydrogens is 276 g/mol. The van der Waals surface area contributed by atoms with Crippen LogP contribution in [0.2, 0.25) is 0 Å². The van der Waals surface area contributed by atoms with Crippen molar-refractivity contribution in [3.05, 3.63) is 35.5 Å². The van der Waals surface area contributed by atoms with E-state index in [0.29, 0.717) is 18.3 Å². The Hall–Kier alpha value is -0.900. The van der Waals surface area contributed by atoms with Crippen LogP contribution in [0.5, 0.6) is 0 Å². The first kappa shape index (κ1) is 14.7. The fourth-order valence-corrected chi connectivity index (χ4v) is 5.53. The molecule has 4 rings (SSSR count). The fourth-order valence-electron chi connectivity index (χ4n) is 5.53. The molecule has 22 heavy (non-hydrogen) atoms. The van der Waals surface area contributed by atoms with Gasteiger partial charge in [0.25, 0.3) is 0 Å². The zero-order valence-electron chi connectivity index (χ0n) is 13.4. The molecule has 0 radical (unpaired) electrons. The summed E-state index contributed by atoms with van der Waals surface area (Å²) in [5.74, 6) is 0.652. The van der Waals surface area contributed by atoms with Crippen LogP contribution in [0.25, 0.3) is 0 Å². The van der Waals surface area contributed by atoms with Gasteiger partial charge in [0, 0.05) is 5.41 Å². The van der Waals surface area contributed by atoms with E-state index >= 15 is 0 Å². The molecule has 0 spiro atoms. The number of rotatable bonds is 0. The first-order chi connectivity index (χ1) is 10.4. The Bertz CT molecular complexity index is 589. The topological polar surface area (TPSA) is 60.7 Å². The van der Waals surface area contributed by atoms with Gasteiger partial charge in [-0.25, -0.2) is 0 Å². The quantitative estimate of drug-likeness (QED) is 0.602. The van der Waals surface area contributed by atoms with Gasteiger partial charge in [-0.15, -0.1) is 0 Å². The lowest BCUT2D eigenvalue weighted by Gasteiger charge is -2.55. The summed E-state index contributed by atoms with van der Waals surface area (Å²) in [7, 11) is 0. The Morgan fingerprint density at radius 1 is 1.09 bits per heavy atom. The van der Waals surface area contributed by atoms with Crippen LogP contribution in [0.1, 0.15) is 39.5 Å². The summed E-state index contributed by atoms with van der Waals surface area (Å²) < 4.78 is 0. The van der Waals surface area contributed by atoms with E-state index in [0.717, 1.165) is 24.8 Å². The largest absolute Gasteiger partial charge is 0.389 e. The van der Waals surface area contributed by atoms with Crippen LogP contribution in [-0.2, 0) is 0 Å².